The molecular formula is C9H14O4. The molecule has 1 rings (SSSR count). The molecule has 0 aromatic heterocycles. The lowest BCUT2D eigenvalue weighted by atomic mass is 10.1. The first kappa shape index (κ1) is 10.5. The van der Waals surface area contributed by atoms with Crippen LogP contribution < -0.4 is 0 Å². The Morgan fingerprint density at radius 3 is 2.92 bits per heavy atom. The zero-order valence-electron chi connectivity index (χ0n) is 7.60. The summed E-state index contributed by atoms with van der Waals surface area (Å²) in [6.45, 7) is 0.215. The fourth-order valence-corrected chi connectivity index (χ4v) is 1.17. The van der Waals surface area contributed by atoms with E-state index in [0.29, 0.717) is 6.42 Å². The van der Waals surface area contributed by atoms with Crippen LogP contribution in [0.25, 0.3) is 0 Å². The molecule has 0 radical (unpaired) electrons. The molecule has 0 saturated carbocycles. The van der Waals surface area contributed by atoms with Crippen molar-refractivity contribution in [2.75, 3.05) is 20.5 Å². The first-order valence-electron chi connectivity index (χ1n) is 4.13. The zero-order valence-corrected chi connectivity index (χ0v) is 7.60. The second-order valence-corrected chi connectivity index (χ2v) is 2.84. The summed E-state index contributed by atoms with van der Waals surface area (Å²) in [5, 5.41) is 8.76. The van der Waals surface area contributed by atoms with Gasteiger partial charge in [0.15, 0.2) is 0 Å². The van der Waals surface area contributed by atoms with Crippen molar-refractivity contribution in [3.63, 3.8) is 0 Å². The Kier molecular flexibility index (Phi) is 4.19. The Hall–Kier alpha value is -0.600. The molecule has 1 N–H and O–H groups in total. The number of ether oxygens (including phenoxy) is 3. The van der Waals surface area contributed by atoms with Gasteiger partial charge in [0.05, 0.1) is 6.61 Å². The number of epoxide rings is 1. The molecule has 0 amide bonds. The molecule has 0 aromatic rings. The van der Waals surface area contributed by atoms with Crippen LogP contribution in [0, 0.1) is 12.3 Å². The minimum absolute atomic E-state index is 0.0160. The quantitative estimate of drug-likeness (QED) is 0.353. The SMILES string of the molecule is C#CC[C@@H](OCOC)[C@@H]1O[C@H]1CO. The largest absolute Gasteiger partial charge is 0.394 e. The van der Waals surface area contributed by atoms with Crippen molar-refractivity contribution in [3.05, 3.63) is 0 Å². The molecule has 0 spiro atoms. The molecule has 0 aromatic carbocycles. The van der Waals surface area contributed by atoms with Crippen LogP contribution in [0.5, 0.6) is 0 Å². The summed E-state index contributed by atoms with van der Waals surface area (Å²) in [5.41, 5.74) is 0. The predicted octanol–water partition coefficient (Wildman–Crippen LogP) is -0.241. The van der Waals surface area contributed by atoms with Crippen molar-refractivity contribution in [1.82, 2.24) is 0 Å². The highest BCUT2D eigenvalue weighted by Gasteiger charge is 2.44. The van der Waals surface area contributed by atoms with Crippen LogP contribution in [-0.2, 0) is 14.2 Å². The normalized spacial score (nSPS) is 28.1. The lowest BCUT2D eigenvalue weighted by molar-refractivity contribution is -0.0774. The number of hydrogen-bond acceptors (Lipinski definition) is 4. The Morgan fingerprint density at radius 1 is 1.69 bits per heavy atom. The molecule has 0 aliphatic carbocycles. The van der Waals surface area contributed by atoms with E-state index in [0.717, 1.165) is 0 Å². The molecule has 4 nitrogen and oxygen atoms in total. The van der Waals surface area contributed by atoms with E-state index in [1.54, 1.807) is 7.11 Å². The van der Waals surface area contributed by atoms with Crippen LogP contribution in [0.1, 0.15) is 6.42 Å². The second-order valence-electron chi connectivity index (χ2n) is 2.84. The maximum Gasteiger partial charge on any atom is 0.146 e. The van der Waals surface area contributed by atoms with E-state index in [-0.39, 0.29) is 31.7 Å². The molecule has 4 heteroatoms. The third kappa shape index (κ3) is 2.98. The number of terminal acetylenes is 1. The van der Waals surface area contributed by atoms with Gasteiger partial charge in [0.25, 0.3) is 0 Å². The monoisotopic (exact) mass is 186 g/mol. The zero-order chi connectivity index (χ0) is 9.68. The van der Waals surface area contributed by atoms with Crippen molar-refractivity contribution >= 4 is 0 Å². The average molecular weight is 186 g/mol. The van der Waals surface area contributed by atoms with Gasteiger partial charge in [-0.05, 0) is 0 Å². The van der Waals surface area contributed by atoms with E-state index >= 15 is 0 Å². The fourth-order valence-electron chi connectivity index (χ4n) is 1.17. The number of hydrogen-bond donors (Lipinski definition) is 1. The summed E-state index contributed by atoms with van der Waals surface area (Å²) in [6, 6.07) is 0. The van der Waals surface area contributed by atoms with Gasteiger partial charge in [-0.2, -0.15) is 0 Å². The smallest absolute Gasteiger partial charge is 0.146 e. The lowest BCUT2D eigenvalue weighted by Gasteiger charge is -2.11. The topological polar surface area (TPSA) is 51.2 Å². The number of aliphatic hydroxyl groups excluding tert-OH is 1. The van der Waals surface area contributed by atoms with E-state index in [1.165, 1.54) is 0 Å². The van der Waals surface area contributed by atoms with E-state index in [2.05, 4.69) is 5.92 Å². The van der Waals surface area contributed by atoms with Gasteiger partial charge >= 0.3 is 0 Å². The van der Waals surface area contributed by atoms with E-state index < -0.39 is 0 Å². The molecule has 1 aliphatic rings. The van der Waals surface area contributed by atoms with Crippen LogP contribution in [0.15, 0.2) is 0 Å². The highest BCUT2D eigenvalue weighted by atomic mass is 16.7. The summed E-state index contributed by atoms with van der Waals surface area (Å²) in [4.78, 5) is 0. The van der Waals surface area contributed by atoms with Crippen molar-refractivity contribution < 1.29 is 19.3 Å². The summed E-state index contributed by atoms with van der Waals surface area (Å²) in [7, 11) is 1.55. The molecule has 3 atom stereocenters. The highest BCUT2D eigenvalue weighted by Crippen LogP contribution is 2.28. The molecule has 74 valence electrons. The molecule has 1 heterocycles. The van der Waals surface area contributed by atoms with Crippen LogP contribution in [0.2, 0.25) is 0 Å². The Bertz CT molecular complexity index is 187. The van der Waals surface area contributed by atoms with Crippen LogP contribution in [0.3, 0.4) is 0 Å². The van der Waals surface area contributed by atoms with Crippen LogP contribution >= 0.6 is 0 Å². The molecule has 1 aliphatic heterocycles. The van der Waals surface area contributed by atoms with Crippen molar-refractivity contribution in [2.24, 2.45) is 0 Å². The van der Waals surface area contributed by atoms with Crippen molar-refractivity contribution in [2.45, 2.75) is 24.7 Å². The molecular weight excluding hydrogens is 172 g/mol. The van der Waals surface area contributed by atoms with Gasteiger partial charge in [-0.1, -0.05) is 0 Å². The average Bonchev–Trinajstić information content (AvgIpc) is 2.91. The third-order valence-electron chi connectivity index (χ3n) is 1.89. The summed E-state index contributed by atoms with van der Waals surface area (Å²) >= 11 is 0. The molecule has 1 saturated heterocycles. The molecule has 0 bridgehead atoms. The van der Waals surface area contributed by atoms with Crippen LogP contribution in [0.4, 0.5) is 0 Å². The Morgan fingerprint density at radius 2 is 2.46 bits per heavy atom. The molecule has 0 unspecified atom stereocenters. The standard InChI is InChI=1S/C9H14O4/c1-3-4-7(12-6-11-2)9-8(5-10)13-9/h1,7-10H,4-6H2,2H3/t7-,8+,9+/m1/s1. The first-order chi connectivity index (χ1) is 6.33. The maximum absolute atomic E-state index is 8.76. The fraction of sp³-hybridized carbons (Fsp3) is 0.778. The summed E-state index contributed by atoms with van der Waals surface area (Å²) < 4.78 is 15.2. The first-order valence-corrected chi connectivity index (χ1v) is 4.13. The summed E-state index contributed by atoms with van der Waals surface area (Å²) in [6.07, 6.45) is 5.29. The van der Waals surface area contributed by atoms with Gasteiger partial charge in [-0.15, -0.1) is 12.3 Å². The van der Waals surface area contributed by atoms with Gasteiger partial charge in [-0.25, -0.2) is 0 Å². The number of rotatable bonds is 6. The minimum atomic E-state index is -0.165. The molecule has 13 heavy (non-hydrogen) atoms. The number of aliphatic hydroxyl groups is 1. The lowest BCUT2D eigenvalue weighted by Crippen LogP contribution is -2.23. The van der Waals surface area contributed by atoms with Gasteiger partial charge in [0, 0.05) is 13.5 Å². The van der Waals surface area contributed by atoms with E-state index in [4.69, 9.17) is 25.7 Å². The van der Waals surface area contributed by atoms with E-state index in [1.807, 2.05) is 0 Å². The second kappa shape index (κ2) is 5.20. The Balaban J connectivity index is 2.27. The minimum Gasteiger partial charge on any atom is -0.394 e. The molecule has 1 fully saturated rings. The van der Waals surface area contributed by atoms with Crippen molar-refractivity contribution in [3.8, 4) is 12.3 Å². The van der Waals surface area contributed by atoms with E-state index in [9.17, 15) is 0 Å². The van der Waals surface area contributed by atoms with Gasteiger partial charge in [-0.3, -0.25) is 0 Å². The van der Waals surface area contributed by atoms with Gasteiger partial charge < -0.3 is 19.3 Å². The van der Waals surface area contributed by atoms with Gasteiger partial charge in [0.1, 0.15) is 25.1 Å². The Labute approximate surface area is 77.8 Å². The summed E-state index contributed by atoms with van der Waals surface area (Å²) in [5.74, 6) is 2.50. The van der Waals surface area contributed by atoms with Crippen molar-refractivity contribution in [1.29, 1.82) is 0 Å². The predicted molar refractivity (Wildman–Crippen MR) is 45.9 cm³/mol. The van der Waals surface area contributed by atoms with Crippen LogP contribution in [-0.4, -0.2) is 43.9 Å². The highest BCUT2D eigenvalue weighted by molar-refractivity contribution is 4.98. The number of methoxy groups -OCH3 is 1. The third-order valence-corrected chi connectivity index (χ3v) is 1.89. The maximum atomic E-state index is 8.76. The van der Waals surface area contributed by atoms with Gasteiger partial charge in [0.2, 0.25) is 0 Å².